The van der Waals surface area contributed by atoms with Gasteiger partial charge in [0, 0.05) is 23.6 Å². The quantitative estimate of drug-likeness (QED) is 0.143. The van der Waals surface area contributed by atoms with E-state index >= 15 is 0 Å². The smallest absolute Gasteiger partial charge is 0.262 e. The van der Waals surface area contributed by atoms with Crippen LogP contribution in [0.3, 0.4) is 0 Å². The molecule has 240 valence electrons. The van der Waals surface area contributed by atoms with Crippen LogP contribution >= 0.6 is 23.1 Å². The van der Waals surface area contributed by atoms with Crippen molar-refractivity contribution < 1.29 is 42.8 Å². The molecule has 1 unspecified atom stereocenters. The predicted octanol–water partition coefficient (Wildman–Crippen LogP) is 6.54. The summed E-state index contributed by atoms with van der Waals surface area (Å²) in [5.74, 6) is 3.17. The zero-order chi connectivity index (χ0) is 31.5. The van der Waals surface area contributed by atoms with Gasteiger partial charge in [0.1, 0.15) is 28.5 Å². The highest BCUT2D eigenvalue weighted by molar-refractivity contribution is 8.03. The fraction of sp³-hybridized carbons (Fsp3) is 0.289. The van der Waals surface area contributed by atoms with Crippen LogP contribution in [0.1, 0.15) is 44.2 Å². The fourth-order valence-electron chi connectivity index (χ4n) is 6.32. The molecule has 1 aliphatic heterocycles. The number of hydrogen-bond acceptors (Lipinski definition) is 6. The number of aryl methyl sites for hydroxylation is 1. The number of benzene rings is 3. The standard InChI is InChI=1S/C38H41N2O3S2.HI/c1-7-39-32-23-30(42-5)15-17-34(32)44-36(39)19-11-27-21-25(3)22-28(38(27)26-9-13-29(41-4)14-10-26)12-20-37-40(8-2)33-24-31(43-6)16-18-35(33)45-37;/h9-20,23-25H,7-8,21-22H2,1-6H3;1H/q+1;/p-1. The molecule has 3 aromatic carbocycles. The molecule has 2 aliphatic rings. The molecule has 0 N–H and O–H groups in total. The molecule has 0 spiro atoms. The van der Waals surface area contributed by atoms with Crippen molar-refractivity contribution in [2.24, 2.45) is 5.92 Å². The average Bonchev–Trinajstić information content (AvgIpc) is 3.61. The maximum Gasteiger partial charge on any atom is 0.262 e. The first-order valence-corrected chi connectivity index (χ1v) is 17.2. The molecule has 1 aliphatic carbocycles. The molecule has 46 heavy (non-hydrogen) atoms. The summed E-state index contributed by atoms with van der Waals surface area (Å²) in [4.78, 5) is 3.64. The molecule has 5 nitrogen and oxygen atoms in total. The SMILES string of the molecule is CCN1/C(=C/C=C2\CC(C)CC(/C=C/c3sc4ccc(OC)cc4[n+]3CC)=C2c2ccc(OC)cc2)Sc2ccc(OC)cc21.[I-]. The van der Waals surface area contributed by atoms with Crippen LogP contribution in [0.5, 0.6) is 17.2 Å². The van der Waals surface area contributed by atoms with Crippen molar-refractivity contribution in [3.05, 3.63) is 106 Å². The second-order valence-corrected chi connectivity index (χ2v) is 13.5. The monoisotopic (exact) mass is 764 g/mol. The van der Waals surface area contributed by atoms with Crippen molar-refractivity contribution in [1.29, 1.82) is 0 Å². The summed E-state index contributed by atoms with van der Waals surface area (Å²) in [6, 6.07) is 21.2. The lowest BCUT2D eigenvalue weighted by Crippen LogP contribution is -3.00. The number of aromatic nitrogens is 1. The first-order chi connectivity index (χ1) is 22.0. The van der Waals surface area contributed by atoms with Gasteiger partial charge in [0.15, 0.2) is 0 Å². The van der Waals surface area contributed by atoms with E-state index in [0.29, 0.717) is 5.92 Å². The van der Waals surface area contributed by atoms with Crippen LogP contribution in [0.2, 0.25) is 0 Å². The van der Waals surface area contributed by atoms with Gasteiger partial charge in [0.05, 0.1) is 38.1 Å². The summed E-state index contributed by atoms with van der Waals surface area (Å²) >= 11 is 3.65. The van der Waals surface area contributed by atoms with Crippen LogP contribution in [0, 0.1) is 5.92 Å². The summed E-state index contributed by atoms with van der Waals surface area (Å²) in [5, 5.41) is 2.48. The third kappa shape index (κ3) is 6.89. The van der Waals surface area contributed by atoms with Crippen LogP contribution in [-0.2, 0) is 6.54 Å². The van der Waals surface area contributed by atoms with Gasteiger partial charge in [-0.05, 0) is 97.4 Å². The van der Waals surface area contributed by atoms with Crippen molar-refractivity contribution in [3.8, 4) is 17.2 Å². The topological polar surface area (TPSA) is 34.8 Å². The first-order valence-electron chi connectivity index (χ1n) is 15.6. The van der Waals surface area contributed by atoms with Crippen molar-refractivity contribution in [3.63, 3.8) is 0 Å². The molecule has 0 amide bonds. The van der Waals surface area contributed by atoms with E-state index in [4.69, 9.17) is 14.2 Å². The normalized spacial score (nSPS) is 18.0. The van der Waals surface area contributed by atoms with E-state index in [1.807, 2.05) is 35.2 Å². The third-order valence-electron chi connectivity index (χ3n) is 8.52. The Bertz CT molecular complexity index is 1840. The van der Waals surface area contributed by atoms with Crippen LogP contribution in [0.25, 0.3) is 21.9 Å². The van der Waals surface area contributed by atoms with Crippen molar-refractivity contribution in [2.75, 3.05) is 32.8 Å². The largest absolute Gasteiger partial charge is 1.00 e. The number of thiazole rings is 1. The molecule has 1 aromatic heterocycles. The summed E-state index contributed by atoms with van der Waals surface area (Å²) in [5.41, 5.74) is 7.68. The molecule has 0 saturated carbocycles. The van der Waals surface area contributed by atoms with Gasteiger partial charge in [0.25, 0.3) is 5.01 Å². The lowest BCUT2D eigenvalue weighted by molar-refractivity contribution is -0.665. The Morgan fingerprint density at radius 2 is 1.54 bits per heavy atom. The van der Waals surface area contributed by atoms with E-state index in [9.17, 15) is 0 Å². The van der Waals surface area contributed by atoms with Crippen molar-refractivity contribution >= 4 is 50.7 Å². The summed E-state index contributed by atoms with van der Waals surface area (Å²) in [6.07, 6.45) is 11.4. The first kappa shape index (κ1) is 34.1. The number of thioether (sulfide) groups is 1. The molecule has 4 aromatic rings. The fourth-order valence-corrected chi connectivity index (χ4v) is 8.54. The van der Waals surface area contributed by atoms with Gasteiger partial charge in [-0.25, -0.2) is 0 Å². The molecule has 1 atom stereocenters. The van der Waals surface area contributed by atoms with Gasteiger partial charge in [-0.3, -0.25) is 0 Å². The third-order valence-corrected chi connectivity index (χ3v) is 10.8. The van der Waals surface area contributed by atoms with Crippen molar-refractivity contribution in [2.45, 2.75) is 45.1 Å². The lowest BCUT2D eigenvalue weighted by Gasteiger charge is -2.27. The van der Waals surface area contributed by atoms with Gasteiger partial charge < -0.3 is 43.1 Å². The second-order valence-electron chi connectivity index (χ2n) is 11.4. The molecule has 6 rings (SSSR count). The Hall–Kier alpha value is -3.21. The van der Waals surface area contributed by atoms with E-state index < -0.39 is 0 Å². The highest BCUT2D eigenvalue weighted by Gasteiger charge is 2.26. The molecule has 0 saturated heterocycles. The maximum atomic E-state index is 5.53. The number of halogens is 1. The molecular weight excluding hydrogens is 723 g/mol. The Morgan fingerprint density at radius 3 is 2.24 bits per heavy atom. The molecule has 0 bridgehead atoms. The highest BCUT2D eigenvalue weighted by atomic mass is 127. The minimum Gasteiger partial charge on any atom is -1.00 e. The zero-order valence-electron chi connectivity index (χ0n) is 27.3. The number of nitrogens with zero attached hydrogens (tertiary/aromatic N) is 2. The Morgan fingerprint density at radius 1 is 0.848 bits per heavy atom. The molecule has 2 heterocycles. The number of methoxy groups -OCH3 is 3. The van der Waals surface area contributed by atoms with E-state index in [2.05, 4.69) is 103 Å². The van der Waals surface area contributed by atoms with Gasteiger partial charge >= 0.3 is 0 Å². The van der Waals surface area contributed by atoms with Gasteiger partial charge in [0.2, 0.25) is 5.52 Å². The van der Waals surface area contributed by atoms with Gasteiger partial charge in [-0.15, -0.1) is 0 Å². The minimum atomic E-state index is 0. The number of anilines is 1. The lowest BCUT2D eigenvalue weighted by atomic mass is 9.78. The van der Waals surface area contributed by atoms with Gasteiger partial charge in [-0.1, -0.05) is 54.3 Å². The van der Waals surface area contributed by atoms with Crippen LogP contribution in [-0.4, -0.2) is 27.9 Å². The predicted molar refractivity (Wildman–Crippen MR) is 190 cm³/mol. The average molecular weight is 765 g/mol. The number of allylic oxidation sites excluding steroid dienone is 6. The van der Waals surface area contributed by atoms with E-state index in [-0.39, 0.29) is 24.0 Å². The van der Waals surface area contributed by atoms with Crippen molar-refractivity contribution in [1.82, 2.24) is 0 Å². The summed E-state index contributed by atoms with van der Waals surface area (Å²) < 4.78 is 20.2. The van der Waals surface area contributed by atoms with Crippen LogP contribution in [0.15, 0.2) is 100.0 Å². The molecular formula is C38H41IN2O3S2. The van der Waals surface area contributed by atoms with Crippen LogP contribution < -0.4 is 47.7 Å². The highest BCUT2D eigenvalue weighted by Crippen LogP contribution is 2.48. The molecule has 0 fully saturated rings. The van der Waals surface area contributed by atoms with E-state index in [1.54, 1.807) is 21.3 Å². The Labute approximate surface area is 298 Å². The Balaban J connectivity index is 0.00000417. The number of hydrogen-bond donors (Lipinski definition) is 0. The zero-order valence-corrected chi connectivity index (χ0v) is 31.1. The van der Waals surface area contributed by atoms with E-state index in [0.717, 1.165) is 43.2 Å². The number of rotatable bonds is 9. The second kappa shape index (κ2) is 15.1. The van der Waals surface area contributed by atoms with Gasteiger partial charge in [-0.2, -0.15) is 4.57 Å². The molecule has 0 radical (unpaired) electrons. The Kier molecular flexibility index (Phi) is 11.2. The summed E-state index contributed by atoms with van der Waals surface area (Å²) in [7, 11) is 5.17. The molecule has 8 heteroatoms. The van der Waals surface area contributed by atoms with Crippen LogP contribution in [0.4, 0.5) is 5.69 Å². The number of ether oxygens (including phenoxy) is 3. The maximum absolute atomic E-state index is 5.53. The summed E-state index contributed by atoms with van der Waals surface area (Å²) in [6.45, 7) is 8.56. The number of fused-ring (bicyclic) bond motifs is 2. The van der Waals surface area contributed by atoms with E-state index in [1.165, 1.54) is 53.1 Å². The minimum absolute atomic E-state index is 0.